The van der Waals surface area contributed by atoms with Gasteiger partial charge in [0.15, 0.2) is 0 Å². The standard InChI is InChI=1S/C18H21NSe/c1-15(2)18(20)19(13-16-9-5-3-6-10-16)14-17-11-7-4-8-12-17/h3-12,15H,13-14H2,1-2H3. The van der Waals surface area contributed by atoms with Gasteiger partial charge in [-0.2, -0.15) is 0 Å². The first-order valence-corrected chi connectivity index (χ1v) is 7.89. The van der Waals surface area contributed by atoms with Crippen molar-refractivity contribution >= 4 is 20.1 Å². The monoisotopic (exact) mass is 331 g/mol. The average molecular weight is 330 g/mol. The molecule has 1 nitrogen and oxygen atoms in total. The molecule has 0 bridgehead atoms. The van der Waals surface area contributed by atoms with Crippen molar-refractivity contribution in [1.82, 2.24) is 4.90 Å². The van der Waals surface area contributed by atoms with Crippen molar-refractivity contribution in [1.29, 1.82) is 0 Å². The predicted octanol–water partition coefficient (Wildman–Crippen LogP) is 3.64. The van der Waals surface area contributed by atoms with E-state index in [-0.39, 0.29) is 0 Å². The Kier molecular flexibility index (Phi) is 5.58. The van der Waals surface area contributed by atoms with Gasteiger partial charge in [0.25, 0.3) is 0 Å². The van der Waals surface area contributed by atoms with Gasteiger partial charge < -0.3 is 0 Å². The molecule has 0 radical (unpaired) electrons. The quantitative estimate of drug-likeness (QED) is 0.731. The van der Waals surface area contributed by atoms with E-state index in [1.807, 2.05) is 0 Å². The van der Waals surface area contributed by atoms with Crippen LogP contribution in [0, 0.1) is 5.92 Å². The number of benzene rings is 2. The molecule has 0 aliphatic carbocycles. The molecule has 0 fully saturated rings. The van der Waals surface area contributed by atoms with Crippen molar-refractivity contribution in [2.45, 2.75) is 26.9 Å². The molecule has 104 valence electrons. The van der Waals surface area contributed by atoms with Crippen LogP contribution in [0.15, 0.2) is 60.7 Å². The number of nitrogens with zero attached hydrogens (tertiary/aromatic N) is 1. The van der Waals surface area contributed by atoms with Gasteiger partial charge in [0.1, 0.15) is 0 Å². The predicted molar refractivity (Wildman–Crippen MR) is 87.7 cm³/mol. The summed E-state index contributed by atoms with van der Waals surface area (Å²) in [7, 11) is 0. The van der Waals surface area contributed by atoms with Crippen LogP contribution in [0.5, 0.6) is 0 Å². The van der Waals surface area contributed by atoms with Crippen LogP contribution in [0.1, 0.15) is 25.0 Å². The van der Waals surface area contributed by atoms with Crippen molar-refractivity contribution in [3.05, 3.63) is 71.8 Å². The van der Waals surface area contributed by atoms with Gasteiger partial charge in [-0.15, -0.1) is 0 Å². The van der Waals surface area contributed by atoms with Gasteiger partial charge in [-0.1, -0.05) is 0 Å². The summed E-state index contributed by atoms with van der Waals surface area (Å²) in [6, 6.07) is 21.3. The molecule has 2 aromatic carbocycles. The summed E-state index contributed by atoms with van der Waals surface area (Å²) < 4.78 is 1.32. The molecule has 0 unspecified atom stereocenters. The molecule has 0 atom stereocenters. The third kappa shape index (κ3) is 4.33. The fourth-order valence-corrected chi connectivity index (χ4v) is 2.46. The fourth-order valence-electron chi connectivity index (χ4n) is 2.18. The second-order valence-electron chi connectivity index (χ2n) is 5.32. The summed E-state index contributed by atoms with van der Waals surface area (Å²) in [5, 5.41) is 0. The molecule has 20 heavy (non-hydrogen) atoms. The average Bonchev–Trinajstić information content (AvgIpc) is 2.48. The van der Waals surface area contributed by atoms with Crippen LogP contribution in [0.2, 0.25) is 0 Å². The second-order valence-corrected chi connectivity index (χ2v) is 6.20. The minimum absolute atomic E-state index is 0.516. The van der Waals surface area contributed by atoms with E-state index in [1.54, 1.807) is 0 Å². The van der Waals surface area contributed by atoms with Crippen molar-refractivity contribution in [3.8, 4) is 0 Å². The molecule has 0 spiro atoms. The summed E-state index contributed by atoms with van der Waals surface area (Å²) in [5.74, 6) is 0.516. The topological polar surface area (TPSA) is 3.24 Å². The summed E-state index contributed by atoms with van der Waals surface area (Å²) >= 11 is 3.26. The maximum absolute atomic E-state index is 3.26. The summed E-state index contributed by atoms with van der Waals surface area (Å²) in [4.78, 5) is 2.43. The molecule has 0 saturated carbocycles. The molecule has 0 aromatic heterocycles. The zero-order chi connectivity index (χ0) is 14.4. The van der Waals surface area contributed by atoms with Crippen LogP contribution >= 0.6 is 0 Å². The van der Waals surface area contributed by atoms with E-state index in [4.69, 9.17) is 0 Å². The van der Waals surface area contributed by atoms with E-state index in [9.17, 15) is 0 Å². The Balaban J connectivity index is 2.15. The van der Waals surface area contributed by atoms with Gasteiger partial charge in [0.2, 0.25) is 0 Å². The minimum atomic E-state index is 0.516. The van der Waals surface area contributed by atoms with Crippen molar-refractivity contribution in [3.63, 3.8) is 0 Å². The Morgan fingerprint density at radius 2 is 1.25 bits per heavy atom. The van der Waals surface area contributed by atoms with Crippen LogP contribution < -0.4 is 0 Å². The van der Waals surface area contributed by atoms with Gasteiger partial charge >= 0.3 is 130 Å². The Hall–Kier alpha value is -1.37. The first kappa shape index (κ1) is 15.0. The SMILES string of the molecule is CC(C)C(=[Se])N(Cc1ccccc1)Cc1ccccc1. The molecule has 2 aromatic rings. The second kappa shape index (κ2) is 7.42. The first-order chi connectivity index (χ1) is 9.66. The molecule has 0 saturated heterocycles. The summed E-state index contributed by atoms with van der Waals surface area (Å²) in [6.07, 6.45) is 0. The first-order valence-electron chi connectivity index (χ1n) is 7.03. The molecule has 0 heterocycles. The van der Waals surface area contributed by atoms with Crippen LogP contribution in [0.25, 0.3) is 0 Å². The van der Waals surface area contributed by atoms with Crippen LogP contribution in [0.3, 0.4) is 0 Å². The van der Waals surface area contributed by atoms with Gasteiger partial charge in [-0.05, 0) is 0 Å². The van der Waals surface area contributed by atoms with Gasteiger partial charge in [0.05, 0.1) is 0 Å². The van der Waals surface area contributed by atoms with Gasteiger partial charge in [-0.3, -0.25) is 0 Å². The van der Waals surface area contributed by atoms with E-state index in [2.05, 4.69) is 95.0 Å². The zero-order valence-electron chi connectivity index (χ0n) is 12.1. The normalized spacial score (nSPS) is 10.6. The number of hydrogen-bond acceptors (Lipinski definition) is 1. The molecule has 0 amide bonds. The number of hydrogen-bond donors (Lipinski definition) is 0. The van der Waals surface area contributed by atoms with Crippen LogP contribution in [-0.4, -0.2) is 25.0 Å². The summed E-state index contributed by atoms with van der Waals surface area (Å²) in [6.45, 7) is 6.34. The third-order valence-corrected chi connectivity index (χ3v) is 4.77. The van der Waals surface area contributed by atoms with E-state index in [0.29, 0.717) is 5.92 Å². The summed E-state index contributed by atoms with van der Waals surface area (Å²) in [5.41, 5.74) is 2.69. The molecule has 0 aliphatic heterocycles. The molecule has 2 rings (SSSR count). The van der Waals surface area contributed by atoms with E-state index >= 15 is 0 Å². The Morgan fingerprint density at radius 3 is 1.60 bits per heavy atom. The zero-order valence-corrected chi connectivity index (χ0v) is 13.8. The van der Waals surface area contributed by atoms with Gasteiger partial charge in [-0.25, -0.2) is 0 Å². The van der Waals surface area contributed by atoms with E-state index in [1.165, 1.54) is 15.7 Å². The van der Waals surface area contributed by atoms with Crippen molar-refractivity contribution in [2.24, 2.45) is 5.92 Å². The maximum atomic E-state index is 3.26. The molecular formula is C18H21NSe. The molecule has 2 heteroatoms. The number of rotatable bonds is 6. The fraction of sp³-hybridized carbons (Fsp3) is 0.278. The van der Waals surface area contributed by atoms with E-state index in [0.717, 1.165) is 13.1 Å². The van der Waals surface area contributed by atoms with E-state index < -0.39 is 0 Å². The molecular weight excluding hydrogens is 309 g/mol. The van der Waals surface area contributed by atoms with Gasteiger partial charge in [0, 0.05) is 0 Å². The van der Waals surface area contributed by atoms with Crippen LogP contribution in [-0.2, 0) is 13.1 Å². The van der Waals surface area contributed by atoms with Crippen molar-refractivity contribution in [2.75, 3.05) is 0 Å². The third-order valence-electron chi connectivity index (χ3n) is 3.24. The van der Waals surface area contributed by atoms with Crippen molar-refractivity contribution < 1.29 is 0 Å². The Labute approximate surface area is 130 Å². The Morgan fingerprint density at radius 1 is 0.850 bits per heavy atom. The van der Waals surface area contributed by atoms with Crippen LogP contribution in [0.4, 0.5) is 0 Å². The molecule has 0 aliphatic rings. The Bertz CT molecular complexity index is 492. The molecule has 0 N–H and O–H groups in total.